The summed E-state index contributed by atoms with van der Waals surface area (Å²) in [6.45, 7) is 0.227. The van der Waals surface area contributed by atoms with Gasteiger partial charge in [-0.3, -0.25) is 4.90 Å². The molecule has 1 aromatic carbocycles. The van der Waals surface area contributed by atoms with Gasteiger partial charge in [0.15, 0.2) is 5.60 Å². The average molecular weight is 313 g/mol. The number of hydrogen-bond acceptors (Lipinski definition) is 4. The Morgan fingerprint density at radius 3 is 2.86 bits per heavy atom. The molecule has 2 atom stereocenters. The van der Waals surface area contributed by atoms with E-state index in [1.165, 1.54) is 0 Å². The highest BCUT2D eigenvalue weighted by molar-refractivity contribution is 5.77. The van der Waals surface area contributed by atoms with Crippen LogP contribution < -0.4 is 4.74 Å². The van der Waals surface area contributed by atoms with Crippen LogP contribution in [0.1, 0.15) is 12.0 Å². The number of ether oxygens (including phenoxy) is 1. The van der Waals surface area contributed by atoms with Gasteiger partial charge in [-0.15, -0.1) is 0 Å². The maximum absolute atomic E-state index is 13.6. The molecule has 2 aliphatic heterocycles. The van der Waals surface area contributed by atoms with Crippen LogP contribution in [0.25, 0.3) is 0 Å². The Bertz CT molecular complexity index is 570. The van der Waals surface area contributed by atoms with E-state index in [0.717, 1.165) is 11.3 Å². The normalized spacial score (nSPS) is 28.4. The maximum atomic E-state index is 13.6. The van der Waals surface area contributed by atoms with Gasteiger partial charge < -0.3 is 14.9 Å². The summed E-state index contributed by atoms with van der Waals surface area (Å²) in [4.78, 5) is 12.3. The summed E-state index contributed by atoms with van der Waals surface area (Å²) in [6.07, 6.45) is 0.241. The van der Waals surface area contributed by atoms with Gasteiger partial charge in [0.25, 0.3) is 0 Å². The lowest BCUT2D eigenvalue weighted by atomic mass is 9.95. The van der Waals surface area contributed by atoms with Crippen molar-refractivity contribution >= 4 is 5.97 Å². The van der Waals surface area contributed by atoms with Crippen molar-refractivity contribution < 1.29 is 28.5 Å². The molecule has 0 bridgehead atoms. The zero-order chi connectivity index (χ0) is 16.0. The number of β-amino-alcohol motifs (C(OH)–C–C–N with tert-alkyl or cyclic N) is 1. The number of likely N-dealkylation sites (tertiary alicyclic amines) is 1. The number of fused-ring (bicyclic) bond motifs is 1. The summed E-state index contributed by atoms with van der Waals surface area (Å²) in [5.41, 5.74) is -1.46. The van der Waals surface area contributed by atoms with E-state index < -0.39 is 17.5 Å². The number of nitrogens with zero attached hydrogens (tertiary/aromatic N) is 1. The summed E-state index contributed by atoms with van der Waals surface area (Å²) in [5, 5.41) is 18.6. The molecular formula is C15H17F2NO4. The molecule has 1 saturated heterocycles. The fourth-order valence-electron chi connectivity index (χ4n) is 3.13. The van der Waals surface area contributed by atoms with E-state index in [1.54, 1.807) is 4.90 Å². The predicted octanol–water partition coefficient (Wildman–Crippen LogP) is 1.15. The molecule has 0 radical (unpaired) electrons. The predicted molar refractivity (Wildman–Crippen MR) is 73.2 cm³/mol. The Balaban J connectivity index is 1.62. The van der Waals surface area contributed by atoms with Crippen molar-refractivity contribution in [3.05, 3.63) is 29.8 Å². The van der Waals surface area contributed by atoms with Gasteiger partial charge in [0, 0.05) is 26.1 Å². The summed E-state index contributed by atoms with van der Waals surface area (Å²) in [6, 6.07) is 7.58. The van der Waals surface area contributed by atoms with Crippen LogP contribution in [0.3, 0.4) is 0 Å². The third-order valence-electron chi connectivity index (χ3n) is 4.36. The first-order valence-corrected chi connectivity index (χ1v) is 7.12. The summed E-state index contributed by atoms with van der Waals surface area (Å²) >= 11 is 0. The van der Waals surface area contributed by atoms with E-state index in [2.05, 4.69) is 0 Å². The zero-order valence-electron chi connectivity index (χ0n) is 11.8. The molecule has 0 aliphatic carbocycles. The second-order valence-electron chi connectivity index (χ2n) is 5.95. The minimum absolute atomic E-state index is 0.168. The Hall–Kier alpha value is -1.73. The second kappa shape index (κ2) is 5.17. The minimum atomic E-state index is -4.15. The van der Waals surface area contributed by atoms with Crippen molar-refractivity contribution in [2.24, 2.45) is 0 Å². The third kappa shape index (κ3) is 2.44. The first-order chi connectivity index (χ1) is 10.3. The van der Waals surface area contributed by atoms with Gasteiger partial charge in [-0.05, 0) is 18.1 Å². The van der Waals surface area contributed by atoms with Gasteiger partial charge in [0.1, 0.15) is 11.9 Å². The standard InChI is InChI=1S/C15H17F2NO4/c16-15(17,13(19)20)14(21)5-6-18(9-14)8-11-7-10-3-1-2-4-12(10)22-11/h1-4,11,21H,5-9H2,(H,19,20). The van der Waals surface area contributed by atoms with Crippen molar-refractivity contribution in [2.75, 3.05) is 19.6 Å². The number of alkyl halides is 2. The van der Waals surface area contributed by atoms with E-state index in [9.17, 15) is 18.7 Å². The number of aliphatic hydroxyl groups is 1. The number of carboxylic acids is 1. The lowest BCUT2D eigenvalue weighted by molar-refractivity contribution is -0.205. The quantitative estimate of drug-likeness (QED) is 0.872. The van der Waals surface area contributed by atoms with E-state index in [-0.39, 0.29) is 25.6 Å². The van der Waals surface area contributed by atoms with E-state index >= 15 is 0 Å². The Morgan fingerprint density at radius 2 is 2.18 bits per heavy atom. The number of rotatable bonds is 4. The molecule has 2 N–H and O–H groups in total. The largest absolute Gasteiger partial charge is 0.488 e. The lowest BCUT2D eigenvalue weighted by Gasteiger charge is -2.29. The highest BCUT2D eigenvalue weighted by Crippen LogP contribution is 2.37. The minimum Gasteiger partial charge on any atom is -0.488 e. The number of carboxylic acid groups (broad SMARTS) is 1. The van der Waals surface area contributed by atoms with E-state index in [4.69, 9.17) is 9.84 Å². The fraction of sp³-hybridized carbons (Fsp3) is 0.533. The molecule has 3 rings (SSSR count). The molecule has 7 heteroatoms. The van der Waals surface area contributed by atoms with Crippen LogP contribution >= 0.6 is 0 Å². The molecule has 0 amide bonds. The molecule has 0 spiro atoms. The summed E-state index contributed by atoms with van der Waals surface area (Å²) in [5.74, 6) is -5.65. The third-order valence-corrected chi connectivity index (χ3v) is 4.36. The van der Waals surface area contributed by atoms with Crippen LogP contribution in [0.2, 0.25) is 0 Å². The van der Waals surface area contributed by atoms with Gasteiger partial charge in [0.2, 0.25) is 0 Å². The molecule has 120 valence electrons. The molecular weight excluding hydrogens is 296 g/mol. The van der Waals surface area contributed by atoms with Crippen molar-refractivity contribution in [2.45, 2.75) is 30.5 Å². The highest BCUT2D eigenvalue weighted by atomic mass is 19.3. The van der Waals surface area contributed by atoms with Crippen LogP contribution in [0, 0.1) is 0 Å². The van der Waals surface area contributed by atoms with Crippen molar-refractivity contribution in [1.29, 1.82) is 0 Å². The molecule has 1 aromatic rings. The molecule has 0 aromatic heterocycles. The number of hydrogen-bond donors (Lipinski definition) is 2. The van der Waals surface area contributed by atoms with Gasteiger partial charge in [-0.25, -0.2) is 4.79 Å². The van der Waals surface area contributed by atoms with Crippen LogP contribution in [0.4, 0.5) is 8.78 Å². The molecule has 2 heterocycles. The van der Waals surface area contributed by atoms with Crippen molar-refractivity contribution in [3.63, 3.8) is 0 Å². The Kier molecular flexibility index (Phi) is 3.57. The van der Waals surface area contributed by atoms with Gasteiger partial charge in [-0.2, -0.15) is 8.78 Å². The van der Waals surface area contributed by atoms with E-state index in [1.807, 2.05) is 24.3 Å². The Labute approximate surface area is 126 Å². The van der Waals surface area contributed by atoms with Crippen LogP contribution in [-0.2, 0) is 11.2 Å². The highest BCUT2D eigenvalue weighted by Gasteiger charge is 2.61. The van der Waals surface area contributed by atoms with Gasteiger partial charge in [0.05, 0.1) is 0 Å². The SMILES string of the molecule is O=C(O)C(F)(F)C1(O)CCN(CC2Cc3ccccc3O2)C1. The van der Waals surface area contributed by atoms with E-state index in [0.29, 0.717) is 13.0 Å². The number of carbonyl (C=O) groups is 1. The lowest BCUT2D eigenvalue weighted by Crippen LogP contribution is -2.55. The van der Waals surface area contributed by atoms with Crippen LogP contribution in [0.15, 0.2) is 24.3 Å². The van der Waals surface area contributed by atoms with Crippen LogP contribution in [-0.4, -0.2) is 58.3 Å². The smallest absolute Gasteiger partial charge is 0.377 e. The first-order valence-electron chi connectivity index (χ1n) is 7.12. The van der Waals surface area contributed by atoms with Crippen molar-refractivity contribution in [3.8, 4) is 5.75 Å². The molecule has 2 aliphatic rings. The Morgan fingerprint density at radius 1 is 1.45 bits per heavy atom. The average Bonchev–Trinajstić information content (AvgIpc) is 3.03. The van der Waals surface area contributed by atoms with Crippen LogP contribution in [0.5, 0.6) is 5.75 Å². The number of para-hydroxylation sites is 1. The molecule has 2 unspecified atom stereocenters. The van der Waals surface area contributed by atoms with Crippen molar-refractivity contribution in [1.82, 2.24) is 4.90 Å². The monoisotopic (exact) mass is 313 g/mol. The maximum Gasteiger partial charge on any atom is 0.377 e. The second-order valence-corrected chi connectivity index (χ2v) is 5.95. The first kappa shape index (κ1) is 15.2. The van der Waals surface area contributed by atoms with Gasteiger partial charge in [-0.1, -0.05) is 18.2 Å². The number of aliphatic carboxylic acids is 1. The van der Waals surface area contributed by atoms with Gasteiger partial charge >= 0.3 is 11.9 Å². The summed E-state index contributed by atoms with van der Waals surface area (Å²) < 4.78 is 33.0. The zero-order valence-corrected chi connectivity index (χ0v) is 11.8. The fourth-order valence-corrected chi connectivity index (χ4v) is 3.13. The molecule has 0 saturated carbocycles. The number of benzene rings is 1. The molecule has 22 heavy (non-hydrogen) atoms. The summed E-state index contributed by atoms with van der Waals surface area (Å²) in [7, 11) is 0. The topological polar surface area (TPSA) is 70.0 Å². The molecule has 5 nitrogen and oxygen atoms in total. The molecule has 1 fully saturated rings. The number of halogens is 2.